The minimum absolute atomic E-state index is 0.511. The van der Waals surface area contributed by atoms with E-state index in [-0.39, 0.29) is 0 Å². The van der Waals surface area contributed by atoms with Gasteiger partial charge >= 0.3 is 0 Å². The molecule has 6 nitrogen and oxygen atoms in total. The molecule has 5 aromatic rings. The molecule has 6 heteroatoms. The van der Waals surface area contributed by atoms with Crippen LogP contribution >= 0.6 is 0 Å². The Morgan fingerprint density at radius 1 is 0.812 bits per heavy atom. The molecule has 1 saturated heterocycles. The van der Waals surface area contributed by atoms with Crippen LogP contribution in [0.4, 0.5) is 0 Å². The summed E-state index contributed by atoms with van der Waals surface area (Å²) in [5.74, 6) is 0.511. The van der Waals surface area contributed by atoms with Gasteiger partial charge in [-0.25, -0.2) is 9.50 Å². The van der Waals surface area contributed by atoms with E-state index in [1.807, 2.05) is 53.6 Å². The molecule has 0 unspecified atom stereocenters. The fourth-order valence-electron chi connectivity index (χ4n) is 4.69. The number of para-hydroxylation sites is 1. The summed E-state index contributed by atoms with van der Waals surface area (Å²) in [5, 5.41) is 16.7. The highest BCUT2D eigenvalue weighted by atomic mass is 16.5. The molecule has 4 heterocycles. The van der Waals surface area contributed by atoms with Crippen LogP contribution in [0.15, 0.2) is 79.4 Å². The van der Waals surface area contributed by atoms with Gasteiger partial charge in [0.15, 0.2) is 5.65 Å². The summed E-state index contributed by atoms with van der Waals surface area (Å²) in [6.45, 7) is 1.48. The molecule has 0 radical (unpaired) electrons. The minimum Gasteiger partial charge on any atom is -0.314 e. The maximum atomic E-state index is 9.59. The van der Waals surface area contributed by atoms with Gasteiger partial charge in [0.1, 0.15) is 0 Å². The topological polar surface area (TPSA) is 66.5 Å². The van der Waals surface area contributed by atoms with Gasteiger partial charge in [-0.3, -0.25) is 4.98 Å². The van der Waals surface area contributed by atoms with Crippen molar-refractivity contribution in [3.8, 4) is 22.3 Å². The molecular weight excluding hydrogens is 398 g/mol. The van der Waals surface area contributed by atoms with Gasteiger partial charge in [-0.2, -0.15) is 10.2 Å². The Labute approximate surface area is 185 Å². The van der Waals surface area contributed by atoms with Crippen LogP contribution in [-0.2, 0) is 0 Å². The number of benzene rings is 2. The number of hydroxylamine groups is 2. The zero-order chi connectivity index (χ0) is 21.5. The molecule has 3 aromatic heterocycles. The third-order valence-electron chi connectivity index (χ3n) is 6.48. The monoisotopic (exact) mass is 421 g/mol. The first-order valence-corrected chi connectivity index (χ1v) is 11.0. The summed E-state index contributed by atoms with van der Waals surface area (Å²) in [6.07, 6.45) is 9.65. The predicted octanol–water partition coefficient (Wildman–Crippen LogP) is 5.18. The summed E-state index contributed by atoms with van der Waals surface area (Å²) in [6, 6.07) is 18.9. The van der Waals surface area contributed by atoms with Gasteiger partial charge in [-0.05, 0) is 47.6 Å². The minimum atomic E-state index is 0.511. The molecule has 0 amide bonds. The summed E-state index contributed by atoms with van der Waals surface area (Å²) in [5.41, 5.74) is 7.37. The fraction of sp³-hybridized carbons (Fsp3) is 0.192. The first kappa shape index (κ1) is 19.1. The predicted molar refractivity (Wildman–Crippen MR) is 124 cm³/mol. The standard InChI is InChI=1S/C26H23N5O/c32-30-13-10-20(11-14-30)18-5-7-19(8-6-18)21-15-28-26-24(16-29-31(26)17-21)22-9-12-27-25-4-2-1-3-23(22)25/h1-9,12,15-17,20,32H,10-11,13-14H2. The number of hydrogen-bond donors (Lipinski definition) is 1. The van der Waals surface area contributed by atoms with Crippen molar-refractivity contribution >= 4 is 16.6 Å². The van der Waals surface area contributed by atoms with Gasteiger partial charge < -0.3 is 5.21 Å². The number of pyridine rings is 1. The Morgan fingerprint density at radius 2 is 1.62 bits per heavy atom. The molecular formula is C26H23N5O. The lowest BCUT2D eigenvalue weighted by Crippen LogP contribution is -2.29. The largest absolute Gasteiger partial charge is 0.314 e. The number of rotatable bonds is 3. The van der Waals surface area contributed by atoms with E-state index >= 15 is 0 Å². The molecule has 1 N–H and O–H groups in total. The summed E-state index contributed by atoms with van der Waals surface area (Å²) < 4.78 is 1.85. The zero-order valence-electron chi connectivity index (χ0n) is 17.6. The van der Waals surface area contributed by atoms with Gasteiger partial charge in [0, 0.05) is 48.2 Å². The van der Waals surface area contributed by atoms with Crippen molar-refractivity contribution in [2.45, 2.75) is 18.8 Å². The number of fused-ring (bicyclic) bond motifs is 2. The second-order valence-corrected chi connectivity index (χ2v) is 8.39. The molecule has 6 rings (SSSR count). The van der Waals surface area contributed by atoms with Crippen LogP contribution in [0.2, 0.25) is 0 Å². The van der Waals surface area contributed by atoms with E-state index in [1.165, 1.54) is 10.6 Å². The van der Waals surface area contributed by atoms with Crippen molar-refractivity contribution in [3.05, 3.63) is 84.9 Å². The number of aromatic nitrogens is 4. The Balaban J connectivity index is 1.33. The Hall–Kier alpha value is -3.61. The van der Waals surface area contributed by atoms with E-state index in [2.05, 4.69) is 40.4 Å². The molecule has 0 atom stereocenters. The van der Waals surface area contributed by atoms with Crippen LogP contribution in [0.3, 0.4) is 0 Å². The molecule has 0 saturated carbocycles. The van der Waals surface area contributed by atoms with E-state index < -0.39 is 0 Å². The lowest BCUT2D eigenvalue weighted by molar-refractivity contribution is -0.106. The lowest BCUT2D eigenvalue weighted by atomic mass is 9.89. The van der Waals surface area contributed by atoms with Crippen LogP contribution < -0.4 is 0 Å². The molecule has 0 bridgehead atoms. The van der Waals surface area contributed by atoms with Crippen molar-refractivity contribution in [1.29, 1.82) is 0 Å². The normalized spacial score (nSPS) is 15.5. The van der Waals surface area contributed by atoms with Crippen molar-refractivity contribution in [2.75, 3.05) is 13.1 Å². The summed E-state index contributed by atoms with van der Waals surface area (Å²) in [4.78, 5) is 9.24. The maximum Gasteiger partial charge on any atom is 0.162 e. The SMILES string of the molecule is ON1CCC(c2ccc(-c3cnc4c(-c5ccnc6ccccc56)cnn4c3)cc2)CC1. The zero-order valence-corrected chi connectivity index (χ0v) is 17.6. The van der Waals surface area contributed by atoms with E-state index in [1.54, 1.807) is 0 Å². The maximum absolute atomic E-state index is 9.59. The summed E-state index contributed by atoms with van der Waals surface area (Å²) in [7, 11) is 0. The molecule has 0 spiro atoms. The van der Waals surface area contributed by atoms with Gasteiger partial charge in [-0.1, -0.05) is 42.5 Å². The van der Waals surface area contributed by atoms with Crippen LogP contribution in [0.5, 0.6) is 0 Å². The van der Waals surface area contributed by atoms with Crippen molar-refractivity contribution in [1.82, 2.24) is 24.6 Å². The molecule has 2 aromatic carbocycles. The third-order valence-corrected chi connectivity index (χ3v) is 6.48. The van der Waals surface area contributed by atoms with Crippen molar-refractivity contribution in [2.24, 2.45) is 0 Å². The van der Waals surface area contributed by atoms with Crippen molar-refractivity contribution in [3.63, 3.8) is 0 Å². The Morgan fingerprint density at radius 3 is 2.47 bits per heavy atom. The number of piperidine rings is 1. The van der Waals surface area contributed by atoms with E-state index in [9.17, 15) is 5.21 Å². The Kier molecular flexibility index (Phi) is 4.67. The van der Waals surface area contributed by atoms with Gasteiger partial charge in [0.2, 0.25) is 0 Å². The third kappa shape index (κ3) is 3.34. The second-order valence-electron chi connectivity index (χ2n) is 8.39. The number of hydrogen-bond acceptors (Lipinski definition) is 5. The van der Waals surface area contributed by atoms with Gasteiger partial charge in [0.05, 0.1) is 11.7 Å². The molecule has 1 aliphatic rings. The van der Waals surface area contributed by atoms with E-state index in [4.69, 9.17) is 4.98 Å². The highest BCUT2D eigenvalue weighted by Crippen LogP contribution is 2.32. The van der Waals surface area contributed by atoms with Crippen LogP contribution in [0.1, 0.15) is 24.3 Å². The van der Waals surface area contributed by atoms with Crippen molar-refractivity contribution < 1.29 is 5.21 Å². The average molecular weight is 422 g/mol. The molecule has 0 aliphatic carbocycles. The smallest absolute Gasteiger partial charge is 0.162 e. The van der Waals surface area contributed by atoms with E-state index in [0.717, 1.165) is 64.7 Å². The highest BCUT2D eigenvalue weighted by molar-refractivity contribution is 5.97. The van der Waals surface area contributed by atoms with Crippen LogP contribution in [0, 0.1) is 0 Å². The van der Waals surface area contributed by atoms with Gasteiger partial charge in [-0.15, -0.1) is 0 Å². The molecule has 1 aliphatic heterocycles. The quantitative estimate of drug-likeness (QED) is 0.435. The van der Waals surface area contributed by atoms with Crippen LogP contribution in [-0.4, -0.2) is 42.9 Å². The number of nitrogens with zero attached hydrogens (tertiary/aromatic N) is 5. The first-order chi connectivity index (χ1) is 15.8. The molecule has 32 heavy (non-hydrogen) atoms. The molecule has 158 valence electrons. The summed E-state index contributed by atoms with van der Waals surface area (Å²) >= 11 is 0. The Bertz CT molecular complexity index is 1400. The average Bonchev–Trinajstić information content (AvgIpc) is 3.27. The molecule has 1 fully saturated rings. The lowest BCUT2D eigenvalue weighted by Gasteiger charge is -2.27. The highest BCUT2D eigenvalue weighted by Gasteiger charge is 2.19. The first-order valence-electron chi connectivity index (χ1n) is 11.0. The van der Waals surface area contributed by atoms with E-state index in [0.29, 0.717) is 5.92 Å². The van der Waals surface area contributed by atoms with Gasteiger partial charge in [0.25, 0.3) is 0 Å². The fourth-order valence-corrected chi connectivity index (χ4v) is 4.69. The van der Waals surface area contributed by atoms with Crippen LogP contribution in [0.25, 0.3) is 38.8 Å². The second kappa shape index (κ2) is 7.82.